The lowest BCUT2D eigenvalue weighted by atomic mass is 10.1. The number of benzene rings is 2. The molecule has 0 spiro atoms. The predicted octanol–water partition coefficient (Wildman–Crippen LogP) is 3.37. The number of carbonyl (C=O) groups excluding carboxylic acids is 1. The van der Waals surface area contributed by atoms with Crippen LogP contribution in [0.4, 0.5) is 0 Å². The van der Waals surface area contributed by atoms with Crippen LogP contribution >= 0.6 is 23.4 Å². The highest BCUT2D eigenvalue weighted by molar-refractivity contribution is 8.13. The Morgan fingerprint density at radius 1 is 1.12 bits per heavy atom. The molecule has 0 aliphatic rings. The summed E-state index contributed by atoms with van der Waals surface area (Å²) < 4.78 is 0. The Morgan fingerprint density at radius 2 is 1.79 bits per heavy atom. The molecular weight excluding hydrogens is 342 g/mol. The lowest BCUT2D eigenvalue weighted by molar-refractivity contribution is -0.120. The summed E-state index contributed by atoms with van der Waals surface area (Å²) in [5, 5.41) is 11.0. The van der Waals surface area contributed by atoms with Crippen LogP contribution < -0.4 is 11.1 Å². The third-order valence-electron chi connectivity index (χ3n) is 3.50. The van der Waals surface area contributed by atoms with Crippen LogP contribution in [0.5, 0.6) is 0 Å². The maximum atomic E-state index is 12.1. The fraction of sp³-hybridized carbons (Fsp3) is 0.222. The molecule has 0 fully saturated rings. The average Bonchev–Trinajstić information content (AvgIpc) is 2.56. The molecule has 4 nitrogen and oxygen atoms in total. The van der Waals surface area contributed by atoms with Gasteiger partial charge in [-0.2, -0.15) is 0 Å². The Kier molecular flexibility index (Phi) is 7.15. The van der Waals surface area contributed by atoms with Gasteiger partial charge in [-0.25, -0.2) is 0 Å². The molecule has 0 bridgehead atoms. The molecule has 2 aromatic rings. The molecule has 0 saturated heterocycles. The third kappa shape index (κ3) is 6.26. The molecule has 0 aliphatic heterocycles. The Morgan fingerprint density at radius 3 is 2.46 bits per heavy atom. The van der Waals surface area contributed by atoms with Crippen molar-refractivity contribution in [1.29, 1.82) is 5.41 Å². The number of thioether (sulfide) groups is 1. The number of hydrogen-bond donors (Lipinski definition) is 3. The zero-order valence-electron chi connectivity index (χ0n) is 13.2. The fourth-order valence-electron chi connectivity index (χ4n) is 2.26. The molecule has 0 saturated carbocycles. The van der Waals surface area contributed by atoms with Gasteiger partial charge in [0, 0.05) is 17.3 Å². The van der Waals surface area contributed by atoms with Gasteiger partial charge < -0.3 is 11.1 Å². The van der Waals surface area contributed by atoms with Gasteiger partial charge in [-0.15, -0.1) is 0 Å². The average molecular weight is 362 g/mol. The lowest BCUT2D eigenvalue weighted by Gasteiger charge is -2.10. The van der Waals surface area contributed by atoms with E-state index in [1.807, 2.05) is 48.5 Å². The zero-order chi connectivity index (χ0) is 17.4. The topological polar surface area (TPSA) is 79.0 Å². The first-order chi connectivity index (χ1) is 11.5. The third-order valence-corrected chi connectivity index (χ3v) is 4.52. The van der Waals surface area contributed by atoms with E-state index in [0.29, 0.717) is 23.7 Å². The van der Waals surface area contributed by atoms with E-state index in [1.54, 1.807) is 0 Å². The summed E-state index contributed by atoms with van der Waals surface area (Å²) in [6.07, 6.45) is 1.10. The maximum Gasteiger partial charge on any atom is 0.224 e. The van der Waals surface area contributed by atoms with Crippen molar-refractivity contribution >= 4 is 34.4 Å². The Balaban J connectivity index is 1.83. The molecule has 0 atom stereocenters. The van der Waals surface area contributed by atoms with Gasteiger partial charge in [0.05, 0.1) is 6.42 Å². The van der Waals surface area contributed by atoms with Gasteiger partial charge in [0.15, 0.2) is 5.17 Å². The molecule has 2 rings (SSSR count). The van der Waals surface area contributed by atoms with E-state index in [1.165, 1.54) is 11.8 Å². The van der Waals surface area contributed by atoms with Crippen LogP contribution in [0.3, 0.4) is 0 Å². The fourth-order valence-corrected chi connectivity index (χ4v) is 2.98. The van der Waals surface area contributed by atoms with Crippen LogP contribution in [-0.2, 0) is 23.4 Å². The van der Waals surface area contributed by atoms with Crippen molar-refractivity contribution < 1.29 is 4.79 Å². The van der Waals surface area contributed by atoms with Gasteiger partial charge in [-0.1, -0.05) is 59.8 Å². The maximum absolute atomic E-state index is 12.1. The standard InChI is InChI=1S/C18H20ClN3OS/c19-16-7-5-13(6-8-16)9-10-22-17(23)11-14-3-1-2-4-15(14)12-24-18(20)21/h1-8H,9-12H2,(H3,20,21)(H,22,23). The van der Waals surface area contributed by atoms with Crippen LogP contribution in [-0.4, -0.2) is 17.6 Å². The van der Waals surface area contributed by atoms with Crippen LogP contribution in [0.2, 0.25) is 5.02 Å². The van der Waals surface area contributed by atoms with Crippen molar-refractivity contribution in [2.75, 3.05) is 6.54 Å². The van der Waals surface area contributed by atoms with Gasteiger partial charge in [-0.05, 0) is 35.2 Å². The first kappa shape index (κ1) is 18.4. The van der Waals surface area contributed by atoms with Crippen molar-refractivity contribution in [3.63, 3.8) is 0 Å². The number of amides is 1. The van der Waals surface area contributed by atoms with Gasteiger partial charge >= 0.3 is 0 Å². The molecule has 2 aromatic carbocycles. The molecule has 0 heterocycles. The van der Waals surface area contributed by atoms with Crippen LogP contribution in [0, 0.1) is 5.41 Å². The molecule has 24 heavy (non-hydrogen) atoms. The smallest absolute Gasteiger partial charge is 0.224 e. The molecule has 0 unspecified atom stereocenters. The summed E-state index contributed by atoms with van der Waals surface area (Å²) in [6, 6.07) is 15.4. The minimum atomic E-state index is -0.00996. The highest BCUT2D eigenvalue weighted by Crippen LogP contribution is 2.17. The van der Waals surface area contributed by atoms with Gasteiger partial charge in [0.1, 0.15) is 0 Å². The molecule has 0 radical (unpaired) electrons. The van der Waals surface area contributed by atoms with Gasteiger partial charge in [-0.3, -0.25) is 10.2 Å². The van der Waals surface area contributed by atoms with Crippen LogP contribution in [0.15, 0.2) is 48.5 Å². The van der Waals surface area contributed by atoms with E-state index in [4.69, 9.17) is 22.7 Å². The number of halogens is 1. The van der Waals surface area contributed by atoms with E-state index in [-0.39, 0.29) is 11.1 Å². The van der Waals surface area contributed by atoms with E-state index in [2.05, 4.69) is 5.32 Å². The molecule has 126 valence electrons. The second-order valence-electron chi connectivity index (χ2n) is 5.32. The molecule has 0 aliphatic carbocycles. The normalized spacial score (nSPS) is 10.4. The van der Waals surface area contributed by atoms with Crippen molar-refractivity contribution in [1.82, 2.24) is 5.32 Å². The summed E-state index contributed by atoms with van der Waals surface area (Å²) in [7, 11) is 0. The van der Waals surface area contributed by atoms with Crippen LogP contribution in [0.1, 0.15) is 16.7 Å². The van der Waals surface area contributed by atoms with E-state index < -0.39 is 0 Å². The van der Waals surface area contributed by atoms with Gasteiger partial charge in [0.25, 0.3) is 0 Å². The minimum absolute atomic E-state index is 0.00996. The van der Waals surface area contributed by atoms with Crippen molar-refractivity contribution in [2.24, 2.45) is 5.73 Å². The quantitative estimate of drug-likeness (QED) is 0.522. The van der Waals surface area contributed by atoms with E-state index in [9.17, 15) is 4.79 Å². The summed E-state index contributed by atoms with van der Waals surface area (Å²) in [4.78, 5) is 12.1. The van der Waals surface area contributed by atoms with E-state index >= 15 is 0 Å². The highest BCUT2D eigenvalue weighted by Gasteiger charge is 2.08. The van der Waals surface area contributed by atoms with Crippen molar-refractivity contribution in [2.45, 2.75) is 18.6 Å². The summed E-state index contributed by atoms with van der Waals surface area (Å²) in [5.74, 6) is 0.591. The molecule has 0 aromatic heterocycles. The largest absolute Gasteiger partial charge is 0.379 e. The minimum Gasteiger partial charge on any atom is -0.379 e. The highest BCUT2D eigenvalue weighted by atomic mass is 35.5. The number of nitrogens with one attached hydrogen (secondary N) is 2. The second-order valence-corrected chi connectivity index (χ2v) is 6.78. The first-order valence-electron chi connectivity index (χ1n) is 7.59. The van der Waals surface area contributed by atoms with E-state index in [0.717, 1.165) is 23.1 Å². The number of carbonyl (C=O) groups is 1. The predicted molar refractivity (Wildman–Crippen MR) is 102 cm³/mol. The second kappa shape index (κ2) is 9.35. The molecule has 6 heteroatoms. The first-order valence-corrected chi connectivity index (χ1v) is 8.95. The Labute approximate surface area is 151 Å². The lowest BCUT2D eigenvalue weighted by Crippen LogP contribution is -2.27. The number of hydrogen-bond acceptors (Lipinski definition) is 3. The summed E-state index contributed by atoms with van der Waals surface area (Å²) in [5.41, 5.74) is 8.52. The molecular formula is C18H20ClN3OS. The Bertz CT molecular complexity index is 704. The van der Waals surface area contributed by atoms with Crippen LogP contribution in [0.25, 0.3) is 0 Å². The summed E-state index contributed by atoms with van der Waals surface area (Å²) >= 11 is 7.11. The zero-order valence-corrected chi connectivity index (χ0v) is 14.8. The number of nitrogens with two attached hydrogens (primary N) is 1. The molecule has 1 amide bonds. The number of amidine groups is 1. The number of rotatable bonds is 7. The monoisotopic (exact) mass is 361 g/mol. The Hall–Kier alpha value is -1.98. The van der Waals surface area contributed by atoms with Crippen molar-refractivity contribution in [3.8, 4) is 0 Å². The SMILES string of the molecule is N=C(N)SCc1ccccc1CC(=O)NCCc1ccc(Cl)cc1. The molecule has 4 N–H and O–H groups in total. The van der Waals surface area contributed by atoms with Gasteiger partial charge in [0.2, 0.25) is 5.91 Å². The summed E-state index contributed by atoms with van der Waals surface area (Å²) in [6.45, 7) is 0.588. The van der Waals surface area contributed by atoms with Crippen molar-refractivity contribution in [3.05, 3.63) is 70.2 Å².